The highest BCUT2D eigenvalue weighted by atomic mass is 19.1. The minimum atomic E-state index is -1.26. The standard InChI is InChI=1S/C13H18FNO3/c1-3-4-10(8-18-2)15-9-5-6-11(13(16)17)12(14)7-9/h5-7,10,15H,3-4,8H2,1-2H3,(H,16,17). The maximum atomic E-state index is 13.5. The van der Waals surface area contributed by atoms with Crippen molar-refractivity contribution in [2.24, 2.45) is 0 Å². The minimum absolute atomic E-state index is 0.0927. The van der Waals surface area contributed by atoms with Crippen LogP contribution < -0.4 is 5.32 Å². The number of carboxylic acids is 1. The van der Waals surface area contributed by atoms with Crippen LogP contribution in [0.25, 0.3) is 0 Å². The zero-order chi connectivity index (χ0) is 13.5. The second-order valence-corrected chi connectivity index (χ2v) is 4.09. The number of anilines is 1. The molecule has 5 heteroatoms. The Kier molecular flexibility index (Phi) is 5.58. The number of aromatic carboxylic acids is 1. The Morgan fingerprint density at radius 3 is 2.78 bits per heavy atom. The van der Waals surface area contributed by atoms with Crippen LogP contribution in [-0.2, 0) is 4.74 Å². The fourth-order valence-electron chi connectivity index (χ4n) is 1.76. The Balaban J connectivity index is 2.77. The van der Waals surface area contributed by atoms with E-state index in [0.717, 1.165) is 12.8 Å². The van der Waals surface area contributed by atoms with Crippen molar-refractivity contribution >= 4 is 11.7 Å². The molecule has 1 aromatic carbocycles. The van der Waals surface area contributed by atoms with Gasteiger partial charge in [-0.25, -0.2) is 9.18 Å². The van der Waals surface area contributed by atoms with Crippen LogP contribution in [0.4, 0.5) is 10.1 Å². The molecule has 0 spiro atoms. The lowest BCUT2D eigenvalue weighted by atomic mass is 10.1. The van der Waals surface area contributed by atoms with Gasteiger partial charge in [-0.15, -0.1) is 0 Å². The van der Waals surface area contributed by atoms with Gasteiger partial charge in [0.25, 0.3) is 0 Å². The van der Waals surface area contributed by atoms with Gasteiger partial charge in [0, 0.05) is 18.8 Å². The van der Waals surface area contributed by atoms with E-state index in [1.54, 1.807) is 13.2 Å². The highest BCUT2D eigenvalue weighted by Gasteiger charge is 2.12. The van der Waals surface area contributed by atoms with E-state index in [1.165, 1.54) is 12.1 Å². The molecule has 18 heavy (non-hydrogen) atoms. The van der Waals surface area contributed by atoms with Gasteiger partial charge in [-0.1, -0.05) is 13.3 Å². The van der Waals surface area contributed by atoms with Crippen molar-refractivity contribution in [2.75, 3.05) is 19.0 Å². The number of benzene rings is 1. The number of carboxylic acid groups (broad SMARTS) is 1. The van der Waals surface area contributed by atoms with E-state index in [0.29, 0.717) is 12.3 Å². The molecule has 4 nitrogen and oxygen atoms in total. The largest absolute Gasteiger partial charge is 0.478 e. The molecule has 0 aromatic heterocycles. The van der Waals surface area contributed by atoms with E-state index in [2.05, 4.69) is 12.2 Å². The van der Waals surface area contributed by atoms with Crippen molar-refractivity contribution in [2.45, 2.75) is 25.8 Å². The third kappa shape index (κ3) is 4.00. The van der Waals surface area contributed by atoms with Crippen LogP contribution in [0.2, 0.25) is 0 Å². The van der Waals surface area contributed by atoms with Crippen molar-refractivity contribution < 1.29 is 19.0 Å². The van der Waals surface area contributed by atoms with Crippen molar-refractivity contribution in [3.8, 4) is 0 Å². The van der Waals surface area contributed by atoms with Crippen LogP contribution in [0.5, 0.6) is 0 Å². The summed E-state index contributed by atoms with van der Waals surface area (Å²) >= 11 is 0. The van der Waals surface area contributed by atoms with E-state index in [1.807, 2.05) is 0 Å². The number of hydrogen-bond acceptors (Lipinski definition) is 3. The van der Waals surface area contributed by atoms with Gasteiger partial charge < -0.3 is 15.2 Å². The molecule has 0 aliphatic heterocycles. The Morgan fingerprint density at radius 1 is 1.56 bits per heavy atom. The van der Waals surface area contributed by atoms with E-state index < -0.39 is 11.8 Å². The first-order chi connectivity index (χ1) is 8.58. The Hall–Kier alpha value is -1.62. The molecule has 0 radical (unpaired) electrons. The number of nitrogens with one attached hydrogen (secondary N) is 1. The van der Waals surface area contributed by atoms with Crippen molar-refractivity contribution in [3.05, 3.63) is 29.6 Å². The number of carbonyl (C=O) groups is 1. The molecule has 0 saturated carbocycles. The summed E-state index contributed by atoms with van der Waals surface area (Å²) in [6, 6.07) is 4.11. The quantitative estimate of drug-likeness (QED) is 0.786. The molecular weight excluding hydrogens is 237 g/mol. The zero-order valence-corrected chi connectivity index (χ0v) is 10.6. The fourth-order valence-corrected chi connectivity index (χ4v) is 1.76. The van der Waals surface area contributed by atoms with Crippen LogP contribution in [0.3, 0.4) is 0 Å². The molecule has 0 amide bonds. The smallest absolute Gasteiger partial charge is 0.338 e. The molecule has 1 rings (SSSR count). The Morgan fingerprint density at radius 2 is 2.28 bits per heavy atom. The summed E-state index contributed by atoms with van der Waals surface area (Å²) in [5.74, 6) is -2.00. The molecule has 0 aliphatic carbocycles. The number of rotatable bonds is 7. The monoisotopic (exact) mass is 255 g/mol. The topological polar surface area (TPSA) is 58.6 Å². The number of halogens is 1. The molecule has 100 valence electrons. The second kappa shape index (κ2) is 6.96. The average Bonchev–Trinajstić information content (AvgIpc) is 2.29. The van der Waals surface area contributed by atoms with E-state index in [-0.39, 0.29) is 11.6 Å². The van der Waals surface area contributed by atoms with E-state index in [4.69, 9.17) is 9.84 Å². The number of hydrogen-bond donors (Lipinski definition) is 2. The fraction of sp³-hybridized carbons (Fsp3) is 0.462. The summed E-state index contributed by atoms with van der Waals surface area (Å²) in [4.78, 5) is 10.7. The maximum Gasteiger partial charge on any atom is 0.338 e. The van der Waals surface area contributed by atoms with Gasteiger partial charge in [0.1, 0.15) is 5.82 Å². The average molecular weight is 255 g/mol. The summed E-state index contributed by atoms with van der Waals surface area (Å²) in [7, 11) is 1.61. The van der Waals surface area contributed by atoms with Gasteiger partial charge in [0.15, 0.2) is 0 Å². The van der Waals surface area contributed by atoms with Crippen LogP contribution in [-0.4, -0.2) is 30.8 Å². The summed E-state index contributed by atoms with van der Waals surface area (Å²) in [5, 5.41) is 11.9. The molecule has 0 aliphatic rings. The summed E-state index contributed by atoms with van der Waals surface area (Å²) in [5.41, 5.74) is 0.243. The van der Waals surface area contributed by atoms with Gasteiger partial charge in [-0.2, -0.15) is 0 Å². The molecular formula is C13H18FNO3. The van der Waals surface area contributed by atoms with Gasteiger partial charge >= 0.3 is 5.97 Å². The lowest BCUT2D eigenvalue weighted by Crippen LogP contribution is -2.24. The van der Waals surface area contributed by atoms with Crippen molar-refractivity contribution in [1.82, 2.24) is 0 Å². The third-order valence-corrected chi connectivity index (χ3v) is 2.58. The molecule has 0 bridgehead atoms. The Labute approximate surface area is 106 Å². The van der Waals surface area contributed by atoms with Crippen molar-refractivity contribution in [3.63, 3.8) is 0 Å². The highest BCUT2D eigenvalue weighted by molar-refractivity contribution is 5.88. The van der Waals surface area contributed by atoms with E-state index >= 15 is 0 Å². The normalized spacial score (nSPS) is 12.2. The second-order valence-electron chi connectivity index (χ2n) is 4.09. The van der Waals surface area contributed by atoms with Gasteiger partial charge in [-0.3, -0.25) is 0 Å². The molecule has 2 N–H and O–H groups in total. The zero-order valence-electron chi connectivity index (χ0n) is 10.6. The lowest BCUT2D eigenvalue weighted by molar-refractivity contribution is 0.0692. The van der Waals surface area contributed by atoms with E-state index in [9.17, 15) is 9.18 Å². The number of methoxy groups -OCH3 is 1. The van der Waals surface area contributed by atoms with Gasteiger partial charge in [0.2, 0.25) is 0 Å². The van der Waals surface area contributed by atoms with Crippen LogP contribution in [0, 0.1) is 5.82 Å². The van der Waals surface area contributed by atoms with Gasteiger partial charge in [-0.05, 0) is 24.6 Å². The predicted octanol–water partition coefficient (Wildman–Crippen LogP) is 2.75. The molecule has 0 saturated heterocycles. The molecule has 0 fully saturated rings. The first-order valence-corrected chi connectivity index (χ1v) is 5.86. The number of ether oxygens (including phenoxy) is 1. The summed E-state index contributed by atoms with van der Waals surface area (Å²) in [6.07, 6.45) is 1.88. The first kappa shape index (κ1) is 14.4. The summed E-state index contributed by atoms with van der Waals surface area (Å²) < 4.78 is 18.5. The summed E-state index contributed by atoms with van der Waals surface area (Å²) in [6.45, 7) is 2.58. The predicted molar refractivity (Wildman–Crippen MR) is 67.6 cm³/mol. The Bertz CT molecular complexity index is 403. The van der Waals surface area contributed by atoms with Crippen molar-refractivity contribution in [1.29, 1.82) is 0 Å². The molecule has 0 heterocycles. The van der Waals surface area contributed by atoms with Crippen LogP contribution >= 0.6 is 0 Å². The van der Waals surface area contributed by atoms with Gasteiger partial charge in [0.05, 0.1) is 12.2 Å². The molecule has 1 unspecified atom stereocenters. The van der Waals surface area contributed by atoms with Crippen LogP contribution in [0.1, 0.15) is 30.1 Å². The van der Waals surface area contributed by atoms with Crippen LogP contribution in [0.15, 0.2) is 18.2 Å². The third-order valence-electron chi connectivity index (χ3n) is 2.58. The lowest BCUT2D eigenvalue weighted by Gasteiger charge is -2.18. The minimum Gasteiger partial charge on any atom is -0.478 e. The molecule has 1 atom stereocenters. The first-order valence-electron chi connectivity index (χ1n) is 5.86. The highest BCUT2D eigenvalue weighted by Crippen LogP contribution is 2.16. The maximum absolute atomic E-state index is 13.5. The molecule has 1 aromatic rings. The SMILES string of the molecule is CCCC(COC)Nc1ccc(C(=O)O)c(F)c1.